The first-order chi connectivity index (χ1) is 10.5. The number of hydrogen-bond acceptors (Lipinski definition) is 4. The first-order valence-corrected chi connectivity index (χ1v) is 6.96. The molecular weight excluding hydrogens is 280 g/mol. The molecule has 114 valence electrons. The molecule has 0 saturated heterocycles. The number of amides is 1. The van der Waals surface area contributed by atoms with Crippen LogP contribution < -0.4 is 11.1 Å². The van der Waals surface area contributed by atoms with E-state index in [-0.39, 0.29) is 12.5 Å². The summed E-state index contributed by atoms with van der Waals surface area (Å²) >= 11 is 0. The fourth-order valence-corrected chi connectivity index (χ4v) is 1.99. The maximum Gasteiger partial charge on any atom is 0.340 e. The highest BCUT2D eigenvalue weighted by Crippen LogP contribution is 2.19. The smallest absolute Gasteiger partial charge is 0.340 e. The molecule has 0 aliphatic heterocycles. The Labute approximate surface area is 129 Å². The molecule has 0 saturated carbocycles. The minimum Gasteiger partial charge on any atom is -0.462 e. The van der Waals surface area contributed by atoms with Crippen molar-refractivity contribution in [1.82, 2.24) is 0 Å². The van der Waals surface area contributed by atoms with Crippen LogP contribution in [0.1, 0.15) is 33.2 Å². The fraction of sp³-hybridized carbons (Fsp3) is 0.176. The van der Waals surface area contributed by atoms with Gasteiger partial charge in [-0.2, -0.15) is 0 Å². The number of carbonyl (C=O) groups excluding carboxylic acids is 2. The van der Waals surface area contributed by atoms with Crippen LogP contribution in [0.15, 0.2) is 42.5 Å². The lowest BCUT2D eigenvalue weighted by Gasteiger charge is -2.11. The molecule has 0 fully saturated rings. The normalized spacial score (nSPS) is 10.1. The minimum absolute atomic E-state index is 0.276. The lowest BCUT2D eigenvalue weighted by molar-refractivity contribution is 0.0527. The highest BCUT2D eigenvalue weighted by Gasteiger charge is 2.15. The zero-order valence-electron chi connectivity index (χ0n) is 12.6. The zero-order chi connectivity index (χ0) is 16.1. The predicted molar refractivity (Wildman–Crippen MR) is 85.9 cm³/mol. The molecule has 0 unspecified atom stereocenters. The molecule has 2 rings (SSSR count). The second kappa shape index (κ2) is 6.76. The maximum atomic E-state index is 12.3. The summed E-state index contributed by atoms with van der Waals surface area (Å²) in [5.74, 6) is -0.772. The van der Waals surface area contributed by atoms with Crippen molar-refractivity contribution in [2.24, 2.45) is 0 Å². The van der Waals surface area contributed by atoms with Crippen LogP contribution in [0.5, 0.6) is 0 Å². The van der Waals surface area contributed by atoms with Crippen LogP contribution in [0.3, 0.4) is 0 Å². The summed E-state index contributed by atoms with van der Waals surface area (Å²) in [5, 5.41) is 2.73. The van der Waals surface area contributed by atoms with Gasteiger partial charge in [0.2, 0.25) is 0 Å². The van der Waals surface area contributed by atoms with E-state index in [2.05, 4.69) is 5.32 Å². The molecule has 22 heavy (non-hydrogen) atoms. The Kier molecular flexibility index (Phi) is 4.78. The second-order valence-corrected chi connectivity index (χ2v) is 4.79. The average Bonchev–Trinajstić information content (AvgIpc) is 2.50. The monoisotopic (exact) mass is 298 g/mol. The molecular formula is C17H18N2O3. The zero-order valence-corrected chi connectivity index (χ0v) is 12.6. The minimum atomic E-state index is -0.466. The van der Waals surface area contributed by atoms with Crippen LogP contribution in [0.25, 0.3) is 0 Å². The Bertz CT molecular complexity index is 711. The summed E-state index contributed by atoms with van der Waals surface area (Å²) in [6.45, 7) is 3.84. The van der Waals surface area contributed by atoms with E-state index in [4.69, 9.17) is 10.5 Å². The topological polar surface area (TPSA) is 81.4 Å². The van der Waals surface area contributed by atoms with Gasteiger partial charge in [-0.3, -0.25) is 4.79 Å². The number of nitrogen functional groups attached to an aromatic ring is 1. The van der Waals surface area contributed by atoms with E-state index < -0.39 is 5.97 Å². The molecule has 2 aromatic carbocycles. The van der Waals surface area contributed by atoms with Crippen molar-refractivity contribution < 1.29 is 14.3 Å². The van der Waals surface area contributed by atoms with Crippen LogP contribution in [-0.2, 0) is 4.74 Å². The number of nitrogens with one attached hydrogen (secondary N) is 1. The van der Waals surface area contributed by atoms with Gasteiger partial charge in [0.1, 0.15) is 0 Å². The summed E-state index contributed by atoms with van der Waals surface area (Å²) in [6.07, 6.45) is 0. The first-order valence-electron chi connectivity index (χ1n) is 6.96. The van der Waals surface area contributed by atoms with Crippen LogP contribution in [0.2, 0.25) is 0 Å². The van der Waals surface area contributed by atoms with Crippen LogP contribution in [0.4, 0.5) is 11.4 Å². The van der Waals surface area contributed by atoms with Crippen molar-refractivity contribution in [2.45, 2.75) is 13.8 Å². The van der Waals surface area contributed by atoms with Crippen molar-refractivity contribution in [1.29, 1.82) is 0 Å². The molecule has 3 N–H and O–H groups in total. The van der Waals surface area contributed by atoms with Crippen molar-refractivity contribution in [3.63, 3.8) is 0 Å². The van der Waals surface area contributed by atoms with Gasteiger partial charge in [-0.1, -0.05) is 12.1 Å². The van der Waals surface area contributed by atoms with Gasteiger partial charge in [0.15, 0.2) is 0 Å². The highest BCUT2D eigenvalue weighted by molar-refractivity contribution is 6.08. The molecule has 1 amide bonds. The number of carbonyl (C=O) groups is 2. The first kappa shape index (κ1) is 15.6. The Balaban J connectivity index is 2.25. The molecule has 0 atom stereocenters. The Morgan fingerprint density at radius 1 is 1.18 bits per heavy atom. The number of benzene rings is 2. The predicted octanol–water partition coefficient (Wildman–Crippen LogP) is 3.01. The van der Waals surface area contributed by atoms with Crippen LogP contribution in [-0.4, -0.2) is 18.5 Å². The van der Waals surface area contributed by atoms with Crippen molar-refractivity contribution >= 4 is 23.3 Å². The SMILES string of the molecule is CCOC(=O)c1ccccc1NC(=O)c1ccc(N)c(C)c1. The molecule has 5 nitrogen and oxygen atoms in total. The molecule has 0 spiro atoms. The third kappa shape index (κ3) is 3.44. The van der Waals surface area contributed by atoms with Gasteiger partial charge in [-0.05, 0) is 49.7 Å². The molecule has 0 radical (unpaired) electrons. The van der Waals surface area contributed by atoms with Crippen molar-refractivity contribution in [3.05, 3.63) is 59.2 Å². The van der Waals surface area contributed by atoms with Gasteiger partial charge >= 0.3 is 5.97 Å². The van der Waals surface area contributed by atoms with E-state index in [0.717, 1.165) is 5.56 Å². The quantitative estimate of drug-likeness (QED) is 0.671. The van der Waals surface area contributed by atoms with Gasteiger partial charge < -0.3 is 15.8 Å². The number of hydrogen-bond donors (Lipinski definition) is 2. The number of rotatable bonds is 4. The average molecular weight is 298 g/mol. The third-order valence-corrected chi connectivity index (χ3v) is 3.20. The molecule has 0 heterocycles. The van der Waals surface area contributed by atoms with Gasteiger partial charge in [0.25, 0.3) is 5.91 Å². The second-order valence-electron chi connectivity index (χ2n) is 4.79. The summed E-state index contributed by atoms with van der Waals surface area (Å²) in [6, 6.07) is 11.8. The van der Waals surface area contributed by atoms with Crippen LogP contribution in [0, 0.1) is 6.92 Å². The molecule has 2 aromatic rings. The summed E-state index contributed by atoms with van der Waals surface area (Å²) in [5.41, 5.74) is 8.42. The summed E-state index contributed by atoms with van der Waals surface area (Å²) < 4.78 is 4.98. The van der Waals surface area contributed by atoms with E-state index in [9.17, 15) is 9.59 Å². The third-order valence-electron chi connectivity index (χ3n) is 3.20. The summed E-state index contributed by atoms with van der Waals surface area (Å²) in [4.78, 5) is 24.2. The number of aryl methyl sites for hydroxylation is 1. The van der Waals surface area contributed by atoms with Crippen molar-refractivity contribution in [3.8, 4) is 0 Å². The standard InChI is InChI=1S/C17H18N2O3/c1-3-22-17(21)13-6-4-5-7-15(13)19-16(20)12-8-9-14(18)11(2)10-12/h4-10H,3,18H2,1-2H3,(H,19,20). The molecule has 0 aliphatic carbocycles. The highest BCUT2D eigenvalue weighted by atomic mass is 16.5. The molecule has 0 aromatic heterocycles. The molecule has 0 aliphatic rings. The Morgan fingerprint density at radius 2 is 1.91 bits per heavy atom. The largest absolute Gasteiger partial charge is 0.462 e. The van der Waals surface area contributed by atoms with Gasteiger partial charge in [-0.15, -0.1) is 0 Å². The van der Waals surface area contributed by atoms with Crippen LogP contribution >= 0.6 is 0 Å². The van der Waals surface area contributed by atoms with E-state index in [1.165, 1.54) is 0 Å². The summed E-state index contributed by atoms with van der Waals surface area (Å²) in [7, 11) is 0. The Hall–Kier alpha value is -2.82. The number of esters is 1. The lowest BCUT2D eigenvalue weighted by Crippen LogP contribution is -2.16. The lowest BCUT2D eigenvalue weighted by atomic mass is 10.1. The van der Waals surface area contributed by atoms with Gasteiger partial charge in [0, 0.05) is 11.3 Å². The number of nitrogens with two attached hydrogens (primary N) is 1. The van der Waals surface area contributed by atoms with E-state index >= 15 is 0 Å². The van der Waals surface area contributed by atoms with Crippen molar-refractivity contribution in [2.75, 3.05) is 17.7 Å². The number of anilines is 2. The van der Waals surface area contributed by atoms with E-state index in [0.29, 0.717) is 22.5 Å². The molecule has 5 heteroatoms. The fourth-order valence-electron chi connectivity index (χ4n) is 1.99. The Morgan fingerprint density at radius 3 is 2.59 bits per heavy atom. The van der Waals surface area contributed by atoms with Gasteiger partial charge in [0.05, 0.1) is 17.9 Å². The van der Waals surface area contributed by atoms with E-state index in [1.807, 2.05) is 6.92 Å². The molecule has 0 bridgehead atoms. The number of para-hydroxylation sites is 1. The number of ether oxygens (including phenoxy) is 1. The van der Waals surface area contributed by atoms with E-state index in [1.54, 1.807) is 49.4 Å². The van der Waals surface area contributed by atoms with Gasteiger partial charge in [-0.25, -0.2) is 4.79 Å². The maximum absolute atomic E-state index is 12.3.